The fourth-order valence-corrected chi connectivity index (χ4v) is 2.84. The Kier molecular flexibility index (Phi) is 2.82. The van der Waals surface area contributed by atoms with Gasteiger partial charge in [-0.15, -0.1) is 0 Å². The molecule has 1 saturated carbocycles. The molecular formula is C10H12BrClN2. The molecule has 2 nitrogen and oxygen atoms in total. The summed E-state index contributed by atoms with van der Waals surface area (Å²) < 4.78 is 0.896. The zero-order valence-electron chi connectivity index (χ0n) is 7.76. The Morgan fingerprint density at radius 3 is 2.64 bits per heavy atom. The highest BCUT2D eigenvalue weighted by molar-refractivity contribution is 9.10. The Morgan fingerprint density at radius 1 is 1.43 bits per heavy atom. The maximum Gasteiger partial charge on any atom is 0.0789 e. The Morgan fingerprint density at radius 2 is 2.07 bits per heavy atom. The monoisotopic (exact) mass is 274 g/mol. The van der Waals surface area contributed by atoms with Gasteiger partial charge < -0.3 is 5.73 Å². The molecule has 0 spiro atoms. The summed E-state index contributed by atoms with van der Waals surface area (Å²) in [6.45, 7) is 0. The van der Waals surface area contributed by atoms with Crippen LogP contribution in [0, 0.1) is 0 Å². The minimum absolute atomic E-state index is 0.294. The number of hydrogen-bond acceptors (Lipinski definition) is 2. The molecule has 76 valence electrons. The minimum atomic E-state index is -0.294. The van der Waals surface area contributed by atoms with Crippen molar-refractivity contribution >= 4 is 27.5 Å². The molecule has 1 aliphatic carbocycles. The standard InChI is InChI=1S/C10H12BrClN2/c11-7-5-8(12)9(14-6-7)10(13)3-1-2-4-10/h5-6H,1-4,13H2. The molecule has 1 aliphatic rings. The van der Waals surface area contributed by atoms with Crippen molar-refractivity contribution in [1.82, 2.24) is 4.98 Å². The van der Waals surface area contributed by atoms with Gasteiger partial charge in [-0.05, 0) is 34.8 Å². The van der Waals surface area contributed by atoms with E-state index in [2.05, 4.69) is 20.9 Å². The molecule has 0 unspecified atom stereocenters. The van der Waals surface area contributed by atoms with Gasteiger partial charge in [-0.1, -0.05) is 24.4 Å². The van der Waals surface area contributed by atoms with Crippen LogP contribution < -0.4 is 5.73 Å². The Bertz CT molecular complexity index is 348. The lowest BCUT2D eigenvalue weighted by atomic mass is 9.94. The molecule has 0 atom stereocenters. The van der Waals surface area contributed by atoms with Gasteiger partial charge >= 0.3 is 0 Å². The zero-order chi connectivity index (χ0) is 10.2. The molecule has 2 rings (SSSR count). The van der Waals surface area contributed by atoms with Gasteiger partial charge in [-0.2, -0.15) is 0 Å². The van der Waals surface area contributed by atoms with E-state index in [9.17, 15) is 0 Å². The van der Waals surface area contributed by atoms with Crippen molar-refractivity contribution in [2.24, 2.45) is 5.73 Å². The van der Waals surface area contributed by atoms with Crippen molar-refractivity contribution in [2.75, 3.05) is 0 Å². The Labute approximate surface area is 97.0 Å². The van der Waals surface area contributed by atoms with Crippen LogP contribution in [0.4, 0.5) is 0 Å². The third-order valence-corrected chi connectivity index (χ3v) is 3.50. The molecule has 0 saturated heterocycles. The normalized spacial score (nSPS) is 19.9. The van der Waals surface area contributed by atoms with Gasteiger partial charge in [0.15, 0.2) is 0 Å². The molecular weight excluding hydrogens is 263 g/mol. The van der Waals surface area contributed by atoms with E-state index >= 15 is 0 Å². The summed E-state index contributed by atoms with van der Waals surface area (Å²) in [6.07, 6.45) is 6.08. The third-order valence-electron chi connectivity index (χ3n) is 2.78. The van der Waals surface area contributed by atoms with Gasteiger partial charge in [0.2, 0.25) is 0 Å². The van der Waals surface area contributed by atoms with Crippen LogP contribution in [0.15, 0.2) is 16.7 Å². The molecule has 1 fully saturated rings. The average molecular weight is 276 g/mol. The van der Waals surface area contributed by atoms with Crippen LogP contribution in [0.25, 0.3) is 0 Å². The number of nitrogens with two attached hydrogens (primary N) is 1. The second-order valence-electron chi connectivity index (χ2n) is 3.85. The second-order valence-corrected chi connectivity index (χ2v) is 5.17. The number of rotatable bonds is 1. The first-order valence-corrected chi connectivity index (χ1v) is 5.89. The van der Waals surface area contributed by atoms with Crippen molar-refractivity contribution < 1.29 is 0 Å². The third kappa shape index (κ3) is 1.81. The smallest absolute Gasteiger partial charge is 0.0789 e. The first kappa shape index (κ1) is 10.4. The van der Waals surface area contributed by atoms with Crippen LogP contribution in [0.3, 0.4) is 0 Å². The lowest BCUT2D eigenvalue weighted by Crippen LogP contribution is -2.34. The number of aromatic nitrogens is 1. The maximum atomic E-state index is 6.27. The first-order chi connectivity index (χ1) is 6.62. The van der Waals surface area contributed by atoms with Crippen LogP contribution in [0.5, 0.6) is 0 Å². The lowest BCUT2D eigenvalue weighted by Gasteiger charge is -2.23. The van der Waals surface area contributed by atoms with Crippen LogP contribution >= 0.6 is 27.5 Å². The molecule has 1 aromatic rings. The SMILES string of the molecule is NC1(c2ncc(Br)cc2Cl)CCCC1. The van der Waals surface area contributed by atoms with Crippen molar-refractivity contribution in [1.29, 1.82) is 0 Å². The molecule has 4 heteroatoms. The Balaban J connectivity index is 2.40. The molecule has 0 radical (unpaired) electrons. The van der Waals surface area contributed by atoms with Gasteiger partial charge in [0.1, 0.15) is 0 Å². The van der Waals surface area contributed by atoms with Gasteiger partial charge in [-0.25, -0.2) is 0 Å². The van der Waals surface area contributed by atoms with Crippen LogP contribution in [0.1, 0.15) is 31.4 Å². The molecule has 1 aromatic heterocycles. The Hall–Kier alpha value is -0.120. The fraction of sp³-hybridized carbons (Fsp3) is 0.500. The summed E-state index contributed by atoms with van der Waals surface area (Å²) in [7, 11) is 0. The van der Waals surface area contributed by atoms with Crippen LogP contribution in [-0.4, -0.2) is 4.98 Å². The van der Waals surface area contributed by atoms with Crippen LogP contribution in [-0.2, 0) is 5.54 Å². The lowest BCUT2D eigenvalue weighted by molar-refractivity contribution is 0.447. The van der Waals surface area contributed by atoms with E-state index in [-0.39, 0.29) is 5.54 Å². The van der Waals surface area contributed by atoms with E-state index < -0.39 is 0 Å². The molecule has 0 bridgehead atoms. The van der Waals surface area contributed by atoms with E-state index in [0.29, 0.717) is 5.02 Å². The molecule has 0 aliphatic heterocycles. The largest absolute Gasteiger partial charge is 0.320 e. The molecule has 2 N–H and O–H groups in total. The maximum absolute atomic E-state index is 6.27. The van der Waals surface area contributed by atoms with E-state index in [1.54, 1.807) is 6.20 Å². The van der Waals surface area contributed by atoms with E-state index in [1.165, 1.54) is 12.8 Å². The van der Waals surface area contributed by atoms with E-state index in [1.807, 2.05) is 6.07 Å². The summed E-state index contributed by atoms with van der Waals surface area (Å²) in [5, 5.41) is 0.670. The highest BCUT2D eigenvalue weighted by Gasteiger charge is 2.34. The molecule has 1 heterocycles. The molecule has 0 amide bonds. The van der Waals surface area contributed by atoms with Gasteiger partial charge in [0.05, 0.1) is 16.3 Å². The quantitative estimate of drug-likeness (QED) is 0.854. The zero-order valence-corrected chi connectivity index (χ0v) is 10.1. The van der Waals surface area contributed by atoms with Gasteiger partial charge in [-0.3, -0.25) is 4.98 Å². The van der Waals surface area contributed by atoms with E-state index in [4.69, 9.17) is 17.3 Å². The summed E-state index contributed by atoms with van der Waals surface area (Å²) in [5.74, 6) is 0. The van der Waals surface area contributed by atoms with Crippen molar-refractivity contribution in [3.8, 4) is 0 Å². The number of hydrogen-bond donors (Lipinski definition) is 1. The van der Waals surface area contributed by atoms with Crippen molar-refractivity contribution in [3.63, 3.8) is 0 Å². The summed E-state index contributed by atoms with van der Waals surface area (Å²) in [4.78, 5) is 4.33. The predicted octanol–water partition coefficient (Wildman–Crippen LogP) is 3.23. The summed E-state index contributed by atoms with van der Waals surface area (Å²) in [5.41, 5.74) is 6.82. The highest BCUT2D eigenvalue weighted by Crippen LogP contribution is 2.38. The molecule has 0 aromatic carbocycles. The summed E-state index contributed by atoms with van der Waals surface area (Å²) in [6, 6.07) is 1.86. The number of pyridine rings is 1. The number of halogens is 2. The molecule has 14 heavy (non-hydrogen) atoms. The fourth-order valence-electron chi connectivity index (χ4n) is 2.02. The van der Waals surface area contributed by atoms with Crippen molar-refractivity contribution in [2.45, 2.75) is 31.2 Å². The average Bonchev–Trinajstić information content (AvgIpc) is 2.52. The topological polar surface area (TPSA) is 38.9 Å². The number of nitrogens with zero attached hydrogens (tertiary/aromatic N) is 1. The second kappa shape index (κ2) is 3.80. The summed E-state index contributed by atoms with van der Waals surface area (Å²) >= 11 is 9.46. The van der Waals surface area contributed by atoms with Gasteiger partial charge in [0, 0.05) is 10.7 Å². The first-order valence-electron chi connectivity index (χ1n) is 4.72. The predicted molar refractivity (Wildman–Crippen MR) is 61.3 cm³/mol. The van der Waals surface area contributed by atoms with Gasteiger partial charge in [0.25, 0.3) is 0 Å². The van der Waals surface area contributed by atoms with E-state index in [0.717, 1.165) is 23.0 Å². The minimum Gasteiger partial charge on any atom is -0.320 e. The highest BCUT2D eigenvalue weighted by atomic mass is 79.9. The van der Waals surface area contributed by atoms with Crippen LogP contribution in [0.2, 0.25) is 5.02 Å². The van der Waals surface area contributed by atoms with Crippen molar-refractivity contribution in [3.05, 3.63) is 27.5 Å².